The van der Waals surface area contributed by atoms with Gasteiger partial charge in [-0.3, -0.25) is 4.90 Å². The molecule has 0 saturated carbocycles. The third kappa shape index (κ3) is 3.00. The molecule has 0 spiro atoms. The second-order valence-electron chi connectivity index (χ2n) is 7.33. The van der Waals surface area contributed by atoms with Crippen LogP contribution >= 0.6 is 0 Å². The molecule has 1 atom stereocenters. The second kappa shape index (κ2) is 6.69. The van der Waals surface area contributed by atoms with E-state index in [4.69, 9.17) is 0 Å². The van der Waals surface area contributed by atoms with Crippen LogP contribution < -0.4 is 10.2 Å². The highest BCUT2D eigenvalue weighted by Gasteiger charge is 2.33. The highest BCUT2D eigenvalue weighted by molar-refractivity contribution is 5.97. The van der Waals surface area contributed by atoms with Crippen LogP contribution in [0.25, 0.3) is 22.4 Å². The van der Waals surface area contributed by atoms with E-state index in [0.717, 1.165) is 27.8 Å². The summed E-state index contributed by atoms with van der Waals surface area (Å²) in [4.78, 5) is 23.3. The van der Waals surface area contributed by atoms with Crippen LogP contribution in [0.2, 0.25) is 0 Å². The first kappa shape index (κ1) is 17.4. The van der Waals surface area contributed by atoms with Crippen molar-refractivity contribution in [3.63, 3.8) is 0 Å². The number of H-pyrrole nitrogens is 1. The van der Waals surface area contributed by atoms with Gasteiger partial charge in [0, 0.05) is 17.8 Å². The molecule has 9 heteroatoms. The number of rotatable bonds is 4. The largest absolute Gasteiger partial charge is 0.345 e. The lowest BCUT2D eigenvalue weighted by molar-refractivity contribution is 0.251. The lowest BCUT2D eigenvalue weighted by Gasteiger charge is -2.23. The van der Waals surface area contributed by atoms with E-state index in [0.29, 0.717) is 12.4 Å². The lowest BCUT2D eigenvalue weighted by atomic mass is 10.0. The summed E-state index contributed by atoms with van der Waals surface area (Å²) < 4.78 is 0. The number of aromatic nitrogens is 6. The summed E-state index contributed by atoms with van der Waals surface area (Å²) >= 11 is 0. The van der Waals surface area contributed by atoms with Crippen molar-refractivity contribution in [2.24, 2.45) is 0 Å². The topological polar surface area (TPSA) is 105 Å². The fraction of sp³-hybridized carbons (Fsp3) is 0.250. The predicted molar refractivity (Wildman–Crippen MR) is 108 cm³/mol. The molecule has 1 fully saturated rings. The van der Waals surface area contributed by atoms with Gasteiger partial charge in [-0.15, -0.1) is 10.2 Å². The highest BCUT2D eigenvalue weighted by atomic mass is 16.2. The lowest BCUT2D eigenvalue weighted by Crippen LogP contribution is -2.29. The summed E-state index contributed by atoms with van der Waals surface area (Å²) in [5, 5.41) is 15.6. The van der Waals surface area contributed by atoms with E-state index in [1.165, 1.54) is 0 Å². The van der Waals surface area contributed by atoms with E-state index in [1.54, 1.807) is 16.0 Å². The molecule has 1 aliphatic heterocycles. The average molecular weight is 388 g/mol. The summed E-state index contributed by atoms with van der Waals surface area (Å²) in [6, 6.07) is 13.7. The third-order valence-electron chi connectivity index (χ3n) is 5.10. The van der Waals surface area contributed by atoms with E-state index < -0.39 is 0 Å². The molecule has 1 aliphatic rings. The highest BCUT2D eigenvalue weighted by Crippen LogP contribution is 2.32. The van der Waals surface area contributed by atoms with E-state index in [2.05, 4.69) is 30.7 Å². The van der Waals surface area contributed by atoms with Crippen molar-refractivity contribution in [2.45, 2.75) is 25.9 Å². The molecule has 0 bridgehead atoms. The maximum Gasteiger partial charge on any atom is 0.322 e. The van der Waals surface area contributed by atoms with Gasteiger partial charge in [-0.05, 0) is 42.8 Å². The number of carbonyl (C=O) groups excluding carboxylic acids is 1. The Hall–Kier alpha value is -3.75. The van der Waals surface area contributed by atoms with Gasteiger partial charge in [-0.25, -0.2) is 9.78 Å². The van der Waals surface area contributed by atoms with Gasteiger partial charge >= 0.3 is 6.03 Å². The molecule has 9 nitrogen and oxygen atoms in total. The van der Waals surface area contributed by atoms with Gasteiger partial charge in [-0.2, -0.15) is 4.80 Å². The zero-order chi connectivity index (χ0) is 20.0. The number of imidazole rings is 1. The van der Waals surface area contributed by atoms with Gasteiger partial charge in [0.15, 0.2) is 0 Å². The Labute approximate surface area is 166 Å². The Balaban J connectivity index is 1.44. The van der Waals surface area contributed by atoms with Crippen LogP contribution in [0.15, 0.2) is 48.8 Å². The molecule has 0 radical (unpaired) electrons. The number of nitrogens with one attached hydrogen (secondary N) is 2. The SMILES string of the molecule is CC(C)n1nnc(-c2ccc(C3CNC(=O)N3c3ccc4[nH]cnc4c3)cc2)n1. The number of anilines is 1. The quantitative estimate of drug-likeness (QED) is 0.559. The van der Waals surface area contributed by atoms with E-state index in [9.17, 15) is 4.79 Å². The fourth-order valence-electron chi connectivity index (χ4n) is 3.55. The molecule has 4 aromatic rings. The van der Waals surface area contributed by atoms with E-state index in [1.807, 2.05) is 56.3 Å². The molecular formula is C20H20N8O. The molecular weight excluding hydrogens is 368 g/mol. The first-order chi connectivity index (χ1) is 14.1. The molecule has 146 valence electrons. The third-order valence-corrected chi connectivity index (χ3v) is 5.10. The fourth-order valence-corrected chi connectivity index (χ4v) is 3.55. The number of fused-ring (bicyclic) bond motifs is 1. The van der Waals surface area contributed by atoms with Gasteiger partial charge in [0.05, 0.1) is 29.4 Å². The standard InChI is InChI=1S/C20H20N8O/c1-12(2)28-25-19(24-26-28)14-5-3-13(4-6-14)18-10-21-20(29)27(18)15-7-8-16-17(9-15)23-11-22-16/h3-9,11-12,18H,10H2,1-2H3,(H,21,29)(H,22,23). The molecule has 5 rings (SSSR count). The second-order valence-corrected chi connectivity index (χ2v) is 7.33. The normalized spacial score (nSPS) is 16.7. The minimum Gasteiger partial charge on any atom is -0.345 e. The maximum atomic E-state index is 12.5. The monoisotopic (exact) mass is 388 g/mol. The molecule has 1 unspecified atom stereocenters. The molecule has 0 aliphatic carbocycles. The van der Waals surface area contributed by atoms with Crippen LogP contribution in [0, 0.1) is 0 Å². The Kier molecular flexibility index (Phi) is 4.01. The Bertz CT molecular complexity index is 1180. The molecule has 29 heavy (non-hydrogen) atoms. The van der Waals surface area contributed by atoms with Crippen LogP contribution in [-0.4, -0.2) is 42.8 Å². The molecule has 3 heterocycles. The summed E-state index contributed by atoms with van der Waals surface area (Å²) in [6.07, 6.45) is 1.65. The van der Waals surface area contributed by atoms with Crippen molar-refractivity contribution in [3.8, 4) is 11.4 Å². The molecule has 2 aromatic heterocycles. The van der Waals surface area contributed by atoms with Crippen LogP contribution in [0.3, 0.4) is 0 Å². The molecule has 2 N–H and O–H groups in total. The van der Waals surface area contributed by atoms with Crippen LogP contribution in [0.1, 0.15) is 31.5 Å². The van der Waals surface area contributed by atoms with Gasteiger partial charge in [-0.1, -0.05) is 24.3 Å². The number of amides is 2. The molecule has 2 aromatic carbocycles. The average Bonchev–Trinajstić information content (AvgIpc) is 3.47. The first-order valence-corrected chi connectivity index (χ1v) is 9.50. The Morgan fingerprint density at radius 3 is 2.72 bits per heavy atom. The zero-order valence-corrected chi connectivity index (χ0v) is 16.1. The van der Waals surface area contributed by atoms with Crippen LogP contribution in [-0.2, 0) is 0 Å². The van der Waals surface area contributed by atoms with Crippen molar-refractivity contribution in [2.75, 3.05) is 11.4 Å². The predicted octanol–water partition coefficient (Wildman–Crippen LogP) is 3.07. The zero-order valence-electron chi connectivity index (χ0n) is 16.1. The summed E-state index contributed by atoms with van der Waals surface area (Å²) in [7, 11) is 0. The minimum atomic E-state index is -0.115. The number of hydrogen-bond donors (Lipinski definition) is 2. The van der Waals surface area contributed by atoms with Gasteiger partial charge < -0.3 is 10.3 Å². The van der Waals surface area contributed by atoms with Crippen LogP contribution in [0.5, 0.6) is 0 Å². The number of aromatic amines is 1. The summed E-state index contributed by atoms with van der Waals surface area (Å²) in [5.74, 6) is 0.590. The van der Waals surface area contributed by atoms with Gasteiger partial charge in [0.1, 0.15) is 0 Å². The van der Waals surface area contributed by atoms with Crippen molar-refractivity contribution >= 4 is 22.8 Å². The number of carbonyl (C=O) groups is 1. The first-order valence-electron chi connectivity index (χ1n) is 9.50. The molecule has 2 amide bonds. The van der Waals surface area contributed by atoms with E-state index >= 15 is 0 Å². The van der Waals surface area contributed by atoms with E-state index in [-0.39, 0.29) is 18.1 Å². The Morgan fingerprint density at radius 1 is 1.14 bits per heavy atom. The Morgan fingerprint density at radius 2 is 1.97 bits per heavy atom. The smallest absolute Gasteiger partial charge is 0.322 e. The van der Waals surface area contributed by atoms with Gasteiger partial charge in [0.25, 0.3) is 0 Å². The van der Waals surface area contributed by atoms with Crippen molar-refractivity contribution in [1.82, 2.24) is 35.5 Å². The number of tetrazole rings is 1. The number of benzene rings is 2. The van der Waals surface area contributed by atoms with Crippen molar-refractivity contribution in [3.05, 3.63) is 54.4 Å². The molecule has 1 saturated heterocycles. The number of hydrogen-bond acceptors (Lipinski definition) is 5. The van der Waals surface area contributed by atoms with Crippen LogP contribution in [0.4, 0.5) is 10.5 Å². The van der Waals surface area contributed by atoms with Gasteiger partial charge in [0.2, 0.25) is 5.82 Å². The van der Waals surface area contributed by atoms with Crippen molar-refractivity contribution in [1.29, 1.82) is 0 Å². The number of urea groups is 1. The maximum absolute atomic E-state index is 12.5. The summed E-state index contributed by atoms with van der Waals surface area (Å²) in [5.41, 5.74) is 4.51. The summed E-state index contributed by atoms with van der Waals surface area (Å²) in [6.45, 7) is 4.56. The minimum absolute atomic E-state index is 0.104. The van der Waals surface area contributed by atoms with Crippen molar-refractivity contribution < 1.29 is 4.79 Å². The number of nitrogens with zero attached hydrogens (tertiary/aromatic N) is 6.